The number of anilines is 2. The summed E-state index contributed by atoms with van der Waals surface area (Å²) < 4.78 is 0. The summed E-state index contributed by atoms with van der Waals surface area (Å²) in [5.41, 5.74) is 8.86. The molecular weight excluding hydrogens is 388 g/mol. The fourth-order valence-electron chi connectivity index (χ4n) is 4.21. The van der Waals surface area contributed by atoms with Crippen molar-refractivity contribution in [3.8, 4) is 0 Å². The van der Waals surface area contributed by atoms with Gasteiger partial charge in [0.25, 0.3) is 0 Å². The molecular formula is C25H30N4S. The summed E-state index contributed by atoms with van der Waals surface area (Å²) in [6.07, 6.45) is 5.61. The Labute approximate surface area is 185 Å². The van der Waals surface area contributed by atoms with E-state index in [1.807, 2.05) is 0 Å². The average Bonchev–Trinajstić information content (AvgIpc) is 2.74. The van der Waals surface area contributed by atoms with Gasteiger partial charge in [0.2, 0.25) is 0 Å². The van der Waals surface area contributed by atoms with Crippen LogP contribution in [0.25, 0.3) is 6.08 Å². The van der Waals surface area contributed by atoms with Gasteiger partial charge >= 0.3 is 0 Å². The van der Waals surface area contributed by atoms with Crippen LogP contribution in [0.4, 0.5) is 11.4 Å². The van der Waals surface area contributed by atoms with Gasteiger partial charge in [0.1, 0.15) is 0 Å². The standard InChI is InChI=1S/C25H30N4S/c1-28(2)20-12-8-17(9-13-20)16-19-6-5-7-22-23(26-25(30)27-24(19)22)18-10-14-21(15-11-18)29(3)4/h8-16,23H,5-7H2,1-4H3,(H2,26,27,30)/b19-16+/t23-/m1/s1. The van der Waals surface area contributed by atoms with E-state index in [1.165, 1.54) is 39.3 Å². The molecule has 30 heavy (non-hydrogen) atoms. The Kier molecular flexibility index (Phi) is 5.82. The third-order valence-corrected chi connectivity index (χ3v) is 6.11. The molecule has 2 aromatic carbocycles. The molecule has 2 aromatic rings. The van der Waals surface area contributed by atoms with E-state index >= 15 is 0 Å². The minimum absolute atomic E-state index is 0.129. The quantitative estimate of drug-likeness (QED) is 0.693. The Morgan fingerprint density at radius 3 is 2.07 bits per heavy atom. The largest absolute Gasteiger partial charge is 0.378 e. The molecule has 0 aromatic heterocycles. The van der Waals surface area contributed by atoms with E-state index in [2.05, 4.69) is 103 Å². The predicted molar refractivity (Wildman–Crippen MR) is 132 cm³/mol. The maximum atomic E-state index is 5.58. The van der Waals surface area contributed by atoms with E-state index in [1.54, 1.807) is 0 Å². The summed E-state index contributed by atoms with van der Waals surface area (Å²) in [5, 5.41) is 7.66. The topological polar surface area (TPSA) is 30.5 Å². The molecule has 1 aliphatic heterocycles. The van der Waals surface area contributed by atoms with E-state index < -0.39 is 0 Å². The molecule has 0 spiro atoms. The molecule has 0 saturated heterocycles. The van der Waals surface area contributed by atoms with Gasteiger partial charge in [0.05, 0.1) is 6.04 Å². The van der Waals surface area contributed by atoms with Crippen molar-refractivity contribution in [2.75, 3.05) is 38.0 Å². The highest BCUT2D eigenvalue weighted by Gasteiger charge is 2.30. The average molecular weight is 419 g/mol. The number of nitrogens with zero attached hydrogens (tertiary/aromatic N) is 2. The van der Waals surface area contributed by atoms with Crippen LogP contribution < -0.4 is 20.4 Å². The van der Waals surface area contributed by atoms with Crippen molar-refractivity contribution in [2.45, 2.75) is 25.3 Å². The first-order chi connectivity index (χ1) is 14.4. The van der Waals surface area contributed by atoms with Crippen molar-refractivity contribution >= 4 is 34.8 Å². The zero-order chi connectivity index (χ0) is 21.3. The van der Waals surface area contributed by atoms with E-state index in [-0.39, 0.29) is 6.04 Å². The monoisotopic (exact) mass is 418 g/mol. The highest BCUT2D eigenvalue weighted by Crippen LogP contribution is 2.39. The number of nitrogens with one attached hydrogen (secondary N) is 2. The van der Waals surface area contributed by atoms with Gasteiger partial charge in [-0.1, -0.05) is 24.3 Å². The van der Waals surface area contributed by atoms with Crippen LogP contribution in [0.2, 0.25) is 0 Å². The Hall–Kier alpha value is -2.79. The van der Waals surface area contributed by atoms with Gasteiger partial charge < -0.3 is 20.4 Å². The molecule has 2 aliphatic rings. The number of benzene rings is 2. The molecule has 2 N–H and O–H groups in total. The number of hydrogen-bond donors (Lipinski definition) is 2. The molecule has 4 nitrogen and oxygen atoms in total. The van der Waals surface area contributed by atoms with Crippen molar-refractivity contribution in [1.82, 2.24) is 10.6 Å². The first-order valence-electron chi connectivity index (χ1n) is 10.5. The lowest BCUT2D eigenvalue weighted by atomic mass is 9.83. The van der Waals surface area contributed by atoms with Crippen LogP contribution in [0.1, 0.15) is 36.4 Å². The smallest absolute Gasteiger partial charge is 0.171 e. The Balaban J connectivity index is 1.68. The van der Waals surface area contributed by atoms with E-state index in [9.17, 15) is 0 Å². The molecule has 1 heterocycles. The van der Waals surface area contributed by atoms with Gasteiger partial charge in [0, 0.05) is 45.3 Å². The molecule has 0 saturated carbocycles. The number of rotatable bonds is 4. The van der Waals surface area contributed by atoms with Crippen molar-refractivity contribution in [1.29, 1.82) is 0 Å². The molecule has 0 fully saturated rings. The van der Waals surface area contributed by atoms with Crippen LogP contribution in [-0.4, -0.2) is 33.3 Å². The molecule has 5 heteroatoms. The highest BCUT2D eigenvalue weighted by molar-refractivity contribution is 7.80. The molecule has 0 unspecified atom stereocenters. The van der Waals surface area contributed by atoms with Gasteiger partial charge in [-0.2, -0.15) is 0 Å². The molecule has 156 valence electrons. The van der Waals surface area contributed by atoms with Gasteiger partial charge in [-0.15, -0.1) is 0 Å². The Morgan fingerprint density at radius 2 is 1.47 bits per heavy atom. The lowest BCUT2D eigenvalue weighted by Crippen LogP contribution is -2.45. The number of hydrogen-bond acceptors (Lipinski definition) is 3. The number of allylic oxidation sites excluding steroid dienone is 1. The molecule has 1 aliphatic carbocycles. The van der Waals surface area contributed by atoms with Gasteiger partial charge in [-0.3, -0.25) is 0 Å². The minimum Gasteiger partial charge on any atom is -0.378 e. The summed E-state index contributed by atoms with van der Waals surface area (Å²) >= 11 is 5.58. The maximum absolute atomic E-state index is 5.58. The van der Waals surface area contributed by atoms with Crippen LogP contribution in [0.15, 0.2) is 65.4 Å². The van der Waals surface area contributed by atoms with E-state index in [4.69, 9.17) is 12.2 Å². The van der Waals surface area contributed by atoms with Crippen LogP contribution in [0, 0.1) is 0 Å². The van der Waals surface area contributed by atoms with Crippen LogP contribution in [0.5, 0.6) is 0 Å². The lowest BCUT2D eigenvalue weighted by molar-refractivity contribution is 0.609. The minimum atomic E-state index is 0.129. The van der Waals surface area contributed by atoms with Crippen LogP contribution >= 0.6 is 12.2 Å². The second kappa shape index (κ2) is 8.52. The summed E-state index contributed by atoms with van der Waals surface area (Å²) in [6.45, 7) is 0. The van der Waals surface area contributed by atoms with Crippen molar-refractivity contribution in [3.63, 3.8) is 0 Å². The zero-order valence-electron chi connectivity index (χ0n) is 18.2. The fraction of sp³-hybridized carbons (Fsp3) is 0.320. The van der Waals surface area contributed by atoms with Crippen LogP contribution in [-0.2, 0) is 0 Å². The lowest BCUT2D eigenvalue weighted by Gasteiger charge is -2.36. The van der Waals surface area contributed by atoms with Crippen LogP contribution in [0.3, 0.4) is 0 Å². The Morgan fingerprint density at radius 1 is 0.867 bits per heavy atom. The Bertz CT molecular complexity index is 985. The summed E-state index contributed by atoms with van der Waals surface area (Å²) in [4.78, 5) is 4.25. The second-order valence-electron chi connectivity index (χ2n) is 8.43. The second-order valence-corrected chi connectivity index (χ2v) is 8.84. The fourth-order valence-corrected chi connectivity index (χ4v) is 4.43. The van der Waals surface area contributed by atoms with Gasteiger partial charge in [0.15, 0.2) is 5.11 Å². The summed E-state index contributed by atoms with van der Waals surface area (Å²) in [6, 6.07) is 17.6. The molecule has 0 bridgehead atoms. The normalized spacial score (nSPS) is 19.8. The molecule has 0 amide bonds. The molecule has 1 atom stereocenters. The molecule has 0 radical (unpaired) electrons. The first kappa shape index (κ1) is 20.5. The van der Waals surface area contributed by atoms with Gasteiger partial charge in [-0.05, 0) is 84.1 Å². The van der Waals surface area contributed by atoms with Crippen molar-refractivity contribution in [2.24, 2.45) is 0 Å². The zero-order valence-corrected chi connectivity index (χ0v) is 19.0. The van der Waals surface area contributed by atoms with E-state index in [0.29, 0.717) is 5.11 Å². The maximum Gasteiger partial charge on any atom is 0.171 e. The third-order valence-electron chi connectivity index (χ3n) is 5.89. The van der Waals surface area contributed by atoms with Crippen molar-refractivity contribution < 1.29 is 0 Å². The predicted octanol–water partition coefficient (Wildman–Crippen LogP) is 4.86. The SMILES string of the molecule is CN(C)c1ccc(/C=C2\CCCC3=C2NC(=S)N[C@@H]3c2ccc(N(C)C)cc2)cc1. The van der Waals surface area contributed by atoms with Gasteiger partial charge in [-0.25, -0.2) is 0 Å². The van der Waals surface area contributed by atoms with E-state index in [0.717, 1.165) is 19.3 Å². The number of thiocarbonyl (C=S) groups is 1. The summed E-state index contributed by atoms with van der Waals surface area (Å²) in [7, 11) is 8.27. The third kappa shape index (κ3) is 4.21. The first-order valence-corrected chi connectivity index (χ1v) is 10.9. The van der Waals surface area contributed by atoms with Crippen molar-refractivity contribution in [3.05, 3.63) is 76.5 Å². The highest BCUT2D eigenvalue weighted by atomic mass is 32.1. The molecule has 4 rings (SSSR count). The summed E-state index contributed by atoms with van der Waals surface area (Å²) in [5.74, 6) is 0.